The summed E-state index contributed by atoms with van der Waals surface area (Å²) >= 11 is 12.5. The Morgan fingerprint density at radius 2 is 1.85 bits per heavy atom. The second kappa shape index (κ2) is 9.28. The van der Waals surface area contributed by atoms with E-state index in [-0.39, 0.29) is 31.8 Å². The second-order valence-corrected chi connectivity index (χ2v) is 10.6. The first kappa shape index (κ1) is 24.0. The molecule has 4 rings (SSSR count). The van der Waals surface area contributed by atoms with E-state index in [1.165, 1.54) is 31.5 Å². The summed E-state index contributed by atoms with van der Waals surface area (Å²) in [6.45, 7) is 0.735. The summed E-state index contributed by atoms with van der Waals surface area (Å²) in [7, 11) is 1.40. The number of ether oxygens (including phenoxy) is 1. The van der Waals surface area contributed by atoms with E-state index in [1.54, 1.807) is 12.1 Å². The summed E-state index contributed by atoms with van der Waals surface area (Å²) < 4.78 is 32.5. The predicted molar refractivity (Wildman–Crippen MR) is 134 cm³/mol. The van der Waals surface area contributed by atoms with E-state index < -0.39 is 9.84 Å². The van der Waals surface area contributed by atoms with Crippen molar-refractivity contribution < 1.29 is 13.2 Å². The average molecular weight is 515 g/mol. The van der Waals surface area contributed by atoms with E-state index in [1.807, 2.05) is 37.2 Å². The van der Waals surface area contributed by atoms with Gasteiger partial charge in [0.15, 0.2) is 0 Å². The molecule has 1 aliphatic rings. The Balaban J connectivity index is 1.79. The van der Waals surface area contributed by atoms with Crippen molar-refractivity contribution in [1.82, 2.24) is 9.88 Å². The molecule has 0 spiro atoms. The summed E-state index contributed by atoms with van der Waals surface area (Å²) in [5.41, 5.74) is 2.32. The van der Waals surface area contributed by atoms with Gasteiger partial charge in [-0.3, -0.25) is 4.98 Å². The molecule has 0 atom stereocenters. The van der Waals surface area contributed by atoms with E-state index in [4.69, 9.17) is 27.9 Å². The summed E-state index contributed by atoms with van der Waals surface area (Å²) in [5.74, 6) is 0.345. The molecule has 0 bridgehead atoms. The van der Waals surface area contributed by atoms with Crippen LogP contribution in [-0.4, -0.2) is 39.5 Å². The van der Waals surface area contributed by atoms with Gasteiger partial charge in [-0.2, -0.15) is 5.26 Å². The van der Waals surface area contributed by atoms with E-state index in [9.17, 15) is 13.7 Å². The number of pyridine rings is 1. The topological polar surface area (TPSA) is 95.3 Å². The van der Waals surface area contributed by atoms with Crippen molar-refractivity contribution in [1.29, 1.82) is 5.26 Å². The number of nitriles is 1. The second-order valence-electron chi connectivity index (χ2n) is 7.91. The highest BCUT2D eigenvalue weighted by Gasteiger charge is 2.36. The highest BCUT2D eigenvalue weighted by molar-refractivity contribution is 8.01. The quantitative estimate of drug-likeness (QED) is 0.472. The lowest BCUT2D eigenvalue weighted by molar-refractivity contribution is 0.402. The first-order valence-corrected chi connectivity index (χ1v) is 12.3. The van der Waals surface area contributed by atoms with Crippen LogP contribution < -0.4 is 10.1 Å². The van der Waals surface area contributed by atoms with E-state index >= 15 is 0 Å². The van der Waals surface area contributed by atoms with Gasteiger partial charge >= 0.3 is 0 Å². The molecule has 2 aromatic carbocycles. The number of sulfone groups is 1. The Hall–Kier alpha value is -3.09. The summed E-state index contributed by atoms with van der Waals surface area (Å²) in [5, 5.41) is 13.2. The van der Waals surface area contributed by atoms with Crippen LogP contribution in [0.5, 0.6) is 5.75 Å². The molecule has 174 valence electrons. The molecular weight excluding hydrogens is 495 g/mol. The first-order chi connectivity index (χ1) is 16.1. The maximum absolute atomic E-state index is 13.6. The lowest BCUT2D eigenvalue weighted by Crippen LogP contribution is -2.10. The van der Waals surface area contributed by atoms with Gasteiger partial charge in [0, 0.05) is 18.8 Å². The number of anilines is 2. The number of methoxy groups -OCH3 is 1. The van der Waals surface area contributed by atoms with Crippen LogP contribution in [-0.2, 0) is 16.4 Å². The minimum Gasteiger partial charge on any atom is -0.495 e. The maximum Gasteiger partial charge on any atom is 0.211 e. The number of hydrogen-bond donors (Lipinski definition) is 1. The van der Waals surface area contributed by atoms with Crippen LogP contribution in [0, 0.1) is 11.3 Å². The van der Waals surface area contributed by atoms with Gasteiger partial charge in [0.1, 0.15) is 16.7 Å². The molecule has 0 amide bonds. The Kier molecular flexibility index (Phi) is 6.56. The molecule has 0 saturated heterocycles. The molecular formula is C24H20Cl2N4O3S. The van der Waals surface area contributed by atoms with Crippen LogP contribution in [0.15, 0.2) is 47.5 Å². The number of nitrogens with one attached hydrogen (secondary N) is 1. The molecule has 0 saturated carbocycles. The van der Waals surface area contributed by atoms with Gasteiger partial charge in [-0.1, -0.05) is 47.5 Å². The van der Waals surface area contributed by atoms with Crippen molar-refractivity contribution in [2.75, 3.05) is 26.5 Å². The highest BCUT2D eigenvalue weighted by atomic mass is 35.5. The fraction of sp³-hybridized carbons (Fsp3) is 0.167. The van der Waals surface area contributed by atoms with Gasteiger partial charge in [-0.15, -0.1) is 0 Å². The summed E-state index contributed by atoms with van der Waals surface area (Å²) in [6.07, 6.45) is 2.85. The normalized spacial score (nSPS) is 13.9. The van der Waals surface area contributed by atoms with E-state index in [0.717, 1.165) is 12.1 Å². The standard InChI is InChI=1S/C24H20Cl2N4O3S/c1-30(2)13-14-4-6-15(7-5-14)22-10-20-24(34(22,31)32)23(16(11-27)12-28-20)29-19-9-21(33-3)18(26)8-17(19)25/h4-10,12H,13H2,1-3H3,(H,28,29). The molecule has 34 heavy (non-hydrogen) atoms. The van der Waals surface area contributed by atoms with Crippen molar-refractivity contribution >= 4 is 55.4 Å². The van der Waals surface area contributed by atoms with Crippen molar-refractivity contribution in [2.24, 2.45) is 0 Å². The number of aromatic nitrogens is 1. The smallest absolute Gasteiger partial charge is 0.211 e. The zero-order valence-electron chi connectivity index (χ0n) is 18.6. The summed E-state index contributed by atoms with van der Waals surface area (Å²) in [6, 6.07) is 12.3. The number of hydrogen-bond acceptors (Lipinski definition) is 7. The van der Waals surface area contributed by atoms with Crippen molar-refractivity contribution in [3.05, 3.63) is 75.0 Å². The van der Waals surface area contributed by atoms with E-state index in [2.05, 4.69) is 10.3 Å². The molecule has 1 aliphatic heterocycles. The fourth-order valence-corrected chi connectivity index (χ4v) is 5.95. The van der Waals surface area contributed by atoms with Crippen LogP contribution in [0.4, 0.5) is 11.4 Å². The van der Waals surface area contributed by atoms with Crippen molar-refractivity contribution in [3.8, 4) is 11.8 Å². The number of halogens is 2. The third-order valence-corrected chi connectivity index (χ3v) is 7.74. The molecule has 0 unspecified atom stereocenters. The Morgan fingerprint density at radius 3 is 2.47 bits per heavy atom. The third kappa shape index (κ3) is 4.36. The van der Waals surface area contributed by atoms with Crippen molar-refractivity contribution in [2.45, 2.75) is 11.4 Å². The van der Waals surface area contributed by atoms with Crippen LogP contribution in [0.2, 0.25) is 10.0 Å². The zero-order chi connectivity index (χ0) is 24.6. The minimum absolute atomic E-state index is 0.0586. The fourth-order valence-electron chi connectivity index (χ4n) is 3.70. The van der Waals surface area contributed by atoms with Gasteiger partial charge in [-0.25, -0.2) is 8.42 Å². The Morgan fingerprint density at radius 1 is 1.15 bits per heavy atom. The SMILES string of the molecule is COc1cc(Nc2c(C#N)cnc3c2S(=O)(=O)C(c2ccc(CN(C)C)cc2)=C3)c(Cl)cc1Cl. The van der Waals surface area contributed by atoms with Gasteiger partial charge < -0.3 is 15.0 Å². The van der Waals surface area contributed by atoms with Gasteiger partial charge in [0.2, 0.25) is 9.84 Å². The number of benzene rings is 2. The molecule has 3 aromatic rings. The minimum atomic E-state index is -3.98. The predicted octanol–water partition coefficient (Wildman–Crippen LogP) is 5.36. The van der Waals surface area contributed by atoms with Crippen LogP contribution in [0.25, 0.3) is 11.0 Å². The zero-order valence-corrected chi connectivity index (χ0v) is 20.9. The van der Waals surface area contributed by atoms with Crippen LogP contribution >= 0.6 is 23.2 Å². The molecule has 0 radical (unpaired) electrons. The molecule has 2 heterocycles. The van der Waals surface area contributed by atoms with Crippen molar-refractivity contribution in [3.63, 3.8) is 0 Å². The Labute approximate surface area is 208 Å². The molecule has 0 aliphatic carbocycles. The van der Waals surface area contributed by atoms with E-state index in [0.29, 0.717) is 22.0 Å². The number of nitrogens with zero attached hydrogens (tertiary/aromatic N) is 3. The third-order valence-electron chi connectivity index (χ3n) is 5.25. The van der Waals surface area contributed by atoms with Crippen LogP contribution in [0.1, 0.15) is 22.4 Å². The Bertz CT molecular complexity index is 1460. The largest absolute Gasteiger partial charge is 0.495 e. The van der Waals surface area contributed by atoms with Gasteiger partial charge in [-0.05, 0) is 37.4 Å². The maximum atomic E-state index is 13.6. The molecule has 7 nitrogen and oxygen atoms in total. The number of fused-ring (bicyclic) bond motifs is 1. The lowest BCUT2D eigenvalue weighted by atomic mass is 10.1. The molecule has 0 fully saturated rings. The highest BCUT2D eigenvalue weighted by Crippen LogP contribution is 2.45. The van der Waals surface area contributed by atoms with Gasteiger partial charge in [0.05, 0.1) is 44.7 Å². The molecule has 1 N–H and O–H groups in total. The average Bonchev–Trinajstić information content (AvgIpc) is 3.06. The van der Waals surface area contributed by atoms with Crippen LogP contribution in [0.3, 0.4) is 0 Å². The van der Waals surface area contributed by atoms with Gasteiger partial charge in [0.25, 0.3) is 0 Å². The number of rotatable bonds is 6. The molecule has 10 heteroatoms. The first-order valence-electron chi connectivity index (χ1n) is 10.1. The monoisotopic (exact) mass is 514 g/mol. The molecule has 1 aromatic heterocycles. The lowest BCUT2D eigenvalue weighted by Gasteiger charge is -2.16. The summed E-state index contributed by atoms with van der Waals surface area (Å²) in [4.78, 5) is 6.29.